The maximum absolute atomic E-state index is 14.8. The third-order valence-corrected chi connectivity index (χ3v) is 23.5. The molecule has 0 radical (unpaired) electrons. The van der Waals surface area contributed by atoms with Gasteiger partial charge < -0.3 is 93.1 Å². The zero-order valence-electron chi connectivity index (χ0n) is 72.6. The second-order valence-electron chi connectivity index (χ2n) is 32.8. The van der Waals surface area contributed by atoms with Crippen molar-refractivity contribution in [3.8, 4) is 17.1 Å². The number of unbranched alkanes of at least 4 members (excludes halogenated alkanes) is 2. The Morgan fingerprint density at radius 3 is 2.19 bits per heavy atom. The van der Waals surface area contributed by atoms with Gasteiger partial charge in [0.05, 0.1) is 127 Å². The first-order valence-electron chi connectivity index (χ1n) is 43.4. The van der Waals surface area contributed by atoms with Crippen LogP contribution in [0.5, 0.6) is 5.75 Å². The summed E-state index contributed by atoms with van der Waals surface area (Å²) in [5, 5.41) is 51.7. The molecule has 3 aliphatic heterocycles. The molecule has 15 atom stereocenters. The number of phenols is 1. The zero-order valence-corrected chi connectivity index (χ0v) is 72.6. The predicted molar refractivity (Wildman–Crippen MR) is 452 cm³/mol. The Balaban J connectivity index is 0.619. The van der Waals surface area contributed by atoms with E-state index in [1.165, 1.54) is 18.3 Å². The van der Waals surface area contributed by atoms with E-state index in [0.717, 1.165) is 72.8 Å². The Bertz CT molecular complexity index is 4200. The van der Waals surface area contributed by atoms with E-state index in [9.17, 15) is 44.1 Å². The number of esters is 1. The van der Waals surface area contributed by atoms with Crippen LogP contribution in [0, 0.1) is 35.5 Å². The van der Waals surface area contributed by atoms with Crippen molar-refractivity contribution in [2.24, 2.45) is 35.5 Å². The minimum atomic E-state index is -2.46. The van der Waals surface area contributed by atoms with Gasteiger partial charge in [0.15, 0.2) is 11.4 Å². The van der Waals surface area contributed by atoms with Crippen LogP contribution in [-0.2, 0) is 105 Å². The standard InChI is InChI=1S/C89H133N11O21/c1-58-20-12-11-13-21-59(2)75(110-8)54-69-27-24-64(7)89(109,121-69)84(106)87(107)99-32-17-14-23-72(99)88(108)120-76(55-73(102)60(3)49-63(6)82(105)83(112-10)81(104)62(5)48-58)61(4)50-65-25-29-74(77(51-65)111-9)119-35-19-15-22-67-56-98(97-95-67)34-37-114-39-41-116-43-45-118-47-46-117-44-42-115-40-38-113-36-30-78(103)91-31-16-18-33-100-86-79(85(90)92-57-93-86)80(96-100)71-53-66-52-68(101)26-28-70(66)94-71/h11-13,20-21,26,28,49,52-53,56-58,60-62,64-65,69,72,74-77,82-83,94,101,105,109H,14-19,22-25,27,29-48,50-51,54-55H2,1-10H3,(H,91,103)(H2,90,92,93)/b13-11+,20-12+,59-21+,63-49+/t58-,60-,61-,62-,64-,65+,69+,72+,74-,75+,76+,77-,82-,83+,89-/m1/s1. The number of carbonyl (C=O) groups excluding carboxylic acids is 6. The molecule has 9 rings (SSSR count). The number of nitrogens with zero attached hydrogens (tertiary/aromatic N) is 8. The molecule has 2 bridgehead atoms. The number of anilines is 1. The maximum atomic E-state index is 14.8. The molecule has 4 aliphatic rings. The highest BCUT2D eigenvalue weighted by molar-refractivity contribution is 6.39. The number of allylic oxidation sites excluding steroid dienone is 6. The molecule has 2 saturated heterocycles. The van der Waals surface area contributed by atoms with Gasteiger partial charge in [-0.2, -0.15) is 5.10 Å². The summed E-state index contributed by atoms with van der Waals surface area (Å²) in [7, 11) is 4.64. The number of nitrogen functional groups attached to an aromatic ring is 1. The highest BCUT2D eigenvalue weighted by atomic mass is 16.6. The van der Waals surface area contributed by atoms with Crippen LogP contribution in [-0.4, -0.2) is 270 Å². The molecule has 5 aromatic rings. The van der Waals surface area contributed by atoms with Gasteiger partial charge in [-0.1, -0.05) is 76.3 Å². The number of benzene rings is 1. The molecule has 1 aromatic carbocycles. The summed E-state index contributed by atoms with van der Waals surface area (Å²) in [6.07, 6.45) is 19.3. The van der Waals surface area contributed by atoms with Crippen LogP contribution >= 0.6 is 0 Å². The summed E-state index contributed by atoms with van der Waals surface area (Å²) in [6, 6.07) is 5.84. The van der Waals surface area contributed by atoms with Crippen molar-refractivity contribution >= 4 is 62.9 Å². The van der Waals surface area contributed by atoms with E-state index in [1.54, 1.807) is 68.6 Å². The number of piperidine rings is 1. The molecule has 2 amide bonds. The first-order valence-corrected chi connectivity index (χ1v) is 43.4. The van der Waals surface area contributed by atoms with Crippen molar-refractivity contribution in [3.63, 3.8) is 0 Å². The average molecular weight is 1690 g/mol. The maximum Gasteiger partial charge on any atom is 0.329 e. The van der Waals surface area contributed by atoms with E-state index < -0.39 is 77.8 Å². The monoisotopic (exact) mass is 1690 g/mol. The molecular formula is C89H133N11O21. The number of H-pyrrole nitrogens is 1. The van der Waals surface area contributed by atoms with Gasteiger partial charge in [0.1, 0.15) is 53.7 Å². The van der Waals surface area contributed by atoms with E-state index in [-0.39, 0.29) is 85.6 Å². The summed E-state index contributed by atoms with van der Waals surface area (Å²) in [6.45, 7) is 19.8. The number of aromatic hydroxyl groups is 1. The van der Waals surface area contributed by atoms with E-state index in [0.29, 0.717) is 178 Å². The van der Waals surface area contributed by atoms with Gasteiger partial charge in [0.25, 0.3) is 11.7 Å². The lowest BCUT2D eigenvalue weighted by Crippen LogP contribution is -2.61. The van der Waals surface area contributed by atoms with Crippen LogP contribution in [0.1, 0.15) is 163 Å². The van der Waals surface area contributed by atoms with Gasteiger partial charge in [-0.15, -0.1) is 5.10 Å². The normalized spacial score (nSPS) is 27.3. The first-order chi connectivity index (χ1) is 58.4. The highest BCUT2D eigenvalue weighted by Gasteiger charge is 2.53. The van der Waals surface area contributed by atoms with Crippen LogP contribution in [0.15, 0.2) is 84.4 Å². The van der Waals surface area contributed by atoms with E-state index >= 15 is 0 Å². The summed E-state index contributed by atoms with van der Waals surface area (Å²) < 4.78 is 74.2. The molecule has 1 aliphatic carbocycles. The third kappa shape index (κ3) is 29.3. The summed E-state index contributed by atoms with van der Waals surface area (Å²) >= 11 is 0. The summed E-state index contributed by atoms with van der Waals surface area (Å²) in [5.74, 6) is -7.77. The number of aliphatic hydroxyl groups excluding tert-OH is 1. The molecule has 0 unspecified atom stereocenters. The Morgan fingerprint density at radius 1 is 0.760 bits per heavy atom. The summed E-state index contributed by atoms with van der Waals surface area (Å²) in [4.78, 5) is 97.9. The Kier molecular flexibility index (Phi) is 40.0. The van der Waals surface area contributed by atoms with Gasteiger partial charge in [-0.05, 0) is 163 Å². The fourth-order valence-corrected chi connectivity index (χ4v) is 16.3. The van der Waals surface area contributed by atoms with Gasteiger partial charge in [-0.3, -0.25) is 24.0 Å². The fraction of sp³-hybridized carbons (Fsp3) is 0.674. The molecule has 0 spiro atoms. The molecule has 32 nitrogen and oxygen atoms in total. The van der Waals surface area contributed by atoms with Crippen molar-refractivity contribution in [2.75, 3.05) is 126 Å². The number of phenolic OH excluding ortho intramolecular Hbond substituents is 1. The number of aromatic nitrogens is 8. The number of cyclic esters (lactones) is 1. The number of aromatic amines is 1. The minimum Gasteiger partial charge on any atom is -0.508 e. The number of Topliss-reactive ketones (excluding diaryl/α,β-unsaturated/α-hetero) is 3. The third-order valence-electron chi connectivity index (χ3n) is 23.5. The number of fused-ring (bicyclic) bond motifs is 5. The molecule has 32 heteroatoms. The Morgan fingerprint density at radius 2 is 1.48 bits per heavy atom. The number of amides is 2. The van der Waals surface area contributed by atoms with Crippen molar-refractivity contribution in [1.82, 2.24) is 49.9 Å². The van der Waals surface area contributed by atoms with Crippen LogP contribution in [0.25, 0.3) is 33.3 Å². The molecule has 670 valence electrons. The van der Waals surface area contributed by atoms with Gasteiger partial charge in [0.2, 0.25) is 11.7 Å². The quantitative estimate of drug-likeness (QED) is 0.00922. The van der Waals surface area contributed by atoms with E-state index in [1.807, 2.05) is 70.3 Å². The lowest BCUT2D eigenvalue weighted by molar-refractivity contribution is -0.265. The second kappa shape index (κ2) is 50.0. The molecule has 7 N–H and O–H groups in total. The minimum absolute atomic E-state index is 0.00477. The summed E-state index contributed by atoms with van der Waals surface area (Å²) in [5.41, 5.74) is 11.2. The number of ether oxygens (including phenoxy) is 12. The number of hydrogen-bond donors (Lipinski definition) is 6. The number of aliphatic hydroxyl groups is 2. The number of nitrogens with two attached hydrogens (primary N) is 1. The Labute approximate surface area is 711 Å². The molecule has 7 heterocycles. The molecule has 121 heavy (non-hydrogen) atoms. The van der Waals surface area contributed by atoms with Crippen molar-refractivity contribution in [2.45, 2.75) is 232 Å². The van der Waals surface area contributed by atoms with Gasteiger partial charge in [0, 0.05) is 102 Å². The van der Waals surface area contributed by atoms with Crippen molar-refractivity contribution in [1.29, 1.82) is 0 Å². The van der Waals surface area contributed by atoms with Crippen LogP contribution < -0.4 is 11.1 Å². The lowest BCUT2D eigenvalue weighted by Gasteiger charge is -2.42. The SMILES string of the molecule is CO[C@H]1C[C@@H]2CC[C@@H](C)[C@@](O)(O2)C(=O)C(=O)N2CCCC[C@H]2C(=O)O[C@H]([C@H](C)C[C@@H]2CC[C@@H](OCCCCc3cn(CCOCCOCCOCCOCCOCCOCCC(=O)NCCCCn4nc(-c5cc6cc(O)ccc6[nH]5)c5c(N)ncnc54)nn3)[C@H](OC)C2)CC(=O)[C@H](C)/C=C(\C)[C@@H](O)[C@@H](OC)C(=O)[C@H](C)C[C@H](C)/C=C/C=C/C=C/1C. The van der Waals surface area contributed by atoms with Crippen molar-refractivity contribution < 1.29 is 101 Å². The zero-order chi connectivity index (χ0) is 86.8. The Hall–Kier alpha value is -8.09. The first kappa shape index (κ1) is 96.7. The molecule has 4 aromatic heterocycles. The number of methoxy groups -OCH3 is 3. The van der Waals surface area contributed by atoms with Crippen LogP contribution in [0.4, 0.5) is 5.82 Å². The molecule has 3 fully saturated rings. The largest absolute Gasteiger partial charge is 0.508 e. The molecular weight excluding hydrogens is 1560 g/mol. The second-order valence-corrected chi connectivity index (χ2v) is 32.8. The van der Waals surface area contributed by atoms with E-state index in [2.05, 4.69) is 30.6 Å². The number of aryl methyl sites for hydroxylation is 2. The van der Waals surface area contributed by atoms with Crippen LogP contribution in [0.2, 0.25) is 0 Å². The number of carbonyl (C=O) groups is 6. The number of hydrogen-bond acceptors (Lipinski definition) is 27. The van der Waals surface area contributed by atoms with Gasteiger partial charge >= 0.3 is 5.97 Å². The number of rotatable bonds is 39. The predicted octanol–water partition coefficient (Wildman–Crippen LogP) is 9.48. The smallest absolute Gasteiger partial charge is 0.329 e. The number of ketones is 3. The fourth-order valence-electron chi connectivity index (χ4n) is 16.3. The molecule has 1 saturated carbocycles. The average Bonchev–Trinajstić information content (AvgIpc) is 1.68. The van der Waals surface area contributed by atoms with E-state index in [4.69, 9.17) is 67.7 Å². The topological polar surface area (TPSA) is 405 Å². The van der Waals surface area contributed by atoms with Crippen LogP contribution in [0.3, 0.4) is 0 Å². The van der Waals surface area contributed by atoms with Crippen molar-refractivity contribution in [3.05, 3.63) is 90.1 Å². The lowest BCUT2D eigenvalue weighted by atomic mass is 9.78. The number of nitrogens with one attached hydrogen (secondary N) is 2. The highest BCUT2D eigenvalue weighted by Crippen LogP contribution is 2.40. The van der Waals surface area contributed by atoms with Gasteiger partial charge in [-0.25, -0.2) is 24.1 Å².